The molecule has 24 heavy (non-hydrogen) atoms. The van der Waals surface area contributed by atoms with Crippen molar-refractivity contribution in [2.75, 3.05) is 11.6 Å². The van der Waals surface area contributed by atoms with E-state index in [0.29, 0.717) is 10.8 Å². The Hall–Kier alpha value is -2.53. The third-order valence-corrected chi connectivity index (χ3v) is 3.57. The molecular formula is C16H19N5O2S. The molecule has 0 aliphatic heterocycles. The van der Waals surface area contributed by atoms with E-state index in [2.05, 4.69) is 21.5 Å². The summed E-state index contributed by atoms with van der Waals surface area (Å²) in [6.07, 6.45) is 2.81. The highest BCUT2D eigenvalue weighted by molar-refractivity contribution is 7.98. The van der Waals surface area contributed by atoms with Crippen molar-refractivity contribution in [3.8, 4) is 11.9 Å². The molecule has 0 bridgehead atoms. The number of nitrogens with one attached hydrogen (secondary N) is 1. The molecule has 2 rings (SSSR count). The maximum absolute atomic E-state index is 12.1. The van der Waals surface area contributed by atoms with Gasteiger partial charge in [0.1, 0.15) is 22.3 Å². The van der Waals surface area contributed by atoms with Crippen molar-refractivity contribution in [2.24, 2.45) is 0 Å². The molecule has 0 atom stereocenters. The smallest absolute Gasteiger partial charge is 0.413 e. The third-order valence-electron chi connectivity index (χ3n) is 2.90. The van der Waals surface area contributed by atoms with Gasteiger partial charge in [0.15, 0.2) is 11.6 Å². The number of carbonyl (C=O) groups is 1. The lowest BCUT2D eigenvalue weighted by molar-refractivity contribution is 0.0635. The van der Waals surface area contributed by atoms with Gasteiger partial charge in [0.25, 0.3) is 0 Å². The molecule has 2 aromatic rings. The van der Waals surface area contributed by atoms with Gasteiger partial charge in [-0.2, -0.15) is 15.0 Å². The van der Waals surface area contributed by atoms with Crippen LogP contribution in [-0.4, -0.2) is 32.7 Å². The Morgan fingerprint density at radius 1 is 1.46 bits per heavy atom. The Labute approximate surface area is 145 Å². The molecule has 1 N–H and O–H groups in total. The van der Waals surface area contributed by atoms with Gasteiger partial charge >= 0.3 is 6.09 Å². The minimum atomic E-state index is -0.652. The second-order valence-electron chi connectivity index (χ2n) is 6.07. The summed E-state index contributed by atoms with van der Waals surface area (Å²) < 4.78 is 6.72. The van der Waals surface area contributed by atoms with E-state index in [0.717, 1.165) is 5.56 Å². The number of hydrogen-bond donors (Lipinski definition) is 1. The molecule has 0 aliphatic carbocycles. The van der Waals surface area contributed by atoms with Gasteiger partial charge in [0, 0.05) is 6.20 Å². The van der Waals surface area contributed by atoms with Crippen molar-refractivity contribution in [1.29, 1.82) is 5.26 Å². The average molecular weight is 345 g/mol. The number of aryl methyl sites for hydroxylation is 1. The van der Waals surface area contributed by atoms with Crippen LogP contribution >= 0.6 is 11.8 Å². The van der Waals surface area contributed by atoms with E-state index >= 15 is 0 Å². The number of pyridine rings is 1. The summed E-state index contributed by atoms with van der Waals surface area (Å²) in [6, 6.07) is 5.76. The number of nitrogens with zero attached hydrogens (tertiary/aromatic N) is 4. The fourth-order valence-electron chi connectivity index (χ4n) is 1.96. The summed E-state index contributed by atoms with van der Waals surface area (Å²) in [6.45, 7) is 7.23. The molecule has 0 fully saturated rings. The van der Waals surface area contributed by atoms with Crippen LogP contribution in [0.15, 0.2) is 23.4 Å². The molecule has 126 valence electrons. The number of ether oxygens (including phenoxy) is 1. The lowest BCUT2D eigenvalue weighted by Gasteiger charge is -2.19. The lowest BCUT2D eigenvalue weighted by atomic mass is 10.2. The van der Waals surface area contributed by atoms with Crippen LogP contribution in [0.3, 0.4) is 0 Å². The standard InChI is InChI=1S/C16H19N5O2S/c1-10-6-7-18-12(8-10)21-13(11(9-17)14(20-21)24-5)19-15(22)23-16(2,3)4/h6-8H,1-5H3,(H,19,22). The summed E-state index contributed by atoms with van der Waals surface area (Å²) in [4.78, 5) is 16.4. The highest BCUT2D eigenvalue weighted by Gasteiger charge is 2.24. The molecule has 0 saturated heterocycles. The molecule has 1 amide bonds. The Balaban J connectivity index is 2.50. The third kappa shape index (κ3) is 4.06. The number of thioether (sulfide) groups is 1. The van der Waals surface area contributed by atoms with Gasteiger partial charge in [-0.15, -0.1) is 11.8 Å². The van der Waals surface area contributed by atoms with Crippen molar-refractivity contribution in [3.05, 3.63) is 29.5 Å². The number of hydrogen-bond acceptors (Lipinski definition) is 6. The number of aromatic nitrogens is 3. The largest absolute Gasteiger partial charge is 0.444 e. The van der Waals surface area contributed by atoms with Crippen LogP contribution in [0.25, 0.3) is 5.82 Å². The maximum atomic E-state index is 12.1. The van der Waals surface area contributed by atoms with E-state index in [9.17, 15) is 10.1 Å². The molecular weight excluding hydrogens is 326 g/mol. The molecule has 0 aliphatic rings. The highest BCUT2D eigenvalue weighted by atomic mass is 32.2. The van der Waals surface area contributed by atoms with Crippen molar-refractivity contribution in [1.82, 2.24) is 14.8 Å². The summed E-state index contributed by atoms with van der Waals surface area (Å²) in [5, 5.41) is 17.0. The van der Waals surface area contributed by atoms with Crippen molar-refractivity contribution < 1.29 is 9.53 Å². The van der Waals surface area contributed by atoms with Gasteiger partial charge < -0.3 is 4.74 Å². The van der Waals surface area contributed by atoms with Gasteiger partial charge in [-0.25, -0.2) is 9.78 Å². The van der Waals surface area contributed by atoms with Crippen LogP contribution in [-0.2, 0) is 4.74 Å². The second kappa shape index (κ2) is 6.93. The van der Waals surface area contributed by atoms with E-state index in [4.69, 9.17) is 4.74 Å². The predicted octanol–water partition coefficient (Wildman–Crippen LogP) is 3.52. The van der Waals surface area contributed by atoms with Gasteiger partial charge in [-0.1, -0.05) is 0 Å². The highest BCUT2D eigenvalue weighted by Crippen LogP contribution is 2.28. The van der Waals surface area contributed by atoms with Gasteiger partial charge in [-0.05, 0) is 51.6 Å². The topological polar surface area (TPSA) is 92.8 Å². The molecule has 0 saturated carbocycles. The van der Waals surface area contributed by atoms with Crippen LogP contribution in [0.5, 0.6) is 0 Å². The van der Waals surface area contributed by atoms with Crippen LogP contribution in [0.2, 0.25) is 0 Å². The van der Waals surface area contributed by atoms with Crippen molar-refractivity contribution in [3.63, 3.8) is 0 Å². The SMILES string of the molecule is CSc1nn(-c2cc(C)ccn2)c(NC(=O)OC(C)(C)C)c1C#N. The number of nitriles is 1. The second-order valence-corrected chi connectivity index (χ2v) is 6.87. The maximum Gasteiger partial charge on any atom is 0.413 e. The molecule has 8 heteroatoms. The first-order chi connectivity index (χ1) is 11.2. The Morgan fingerprint density at radius 3 is 2.71 bits per heavy atom. The predicted molar refractivity (Wildman–Crippen MR) is 92.4 cm³/mol. The van der Waals surface area contributed by atoms with Crippen molar-refractivity contribution in [2.45, 2.75) is 38.3 Å². The molecule has 0 aromatic carbocycles. The first-order valence-electron chi connectivity index (χ1n) is 7.25. The quantitative estimate of drug-likeness (QED) is 0.856. The molecule has 0 spiro atoms. The zero-order chi connectivity index (χ0) is 17.9. The van der Waals surface area contributed by atoms with E-state index in [-0.39, 0.29) is 11.4 Å². The van der Waals surface area contributed by atoms with E-state index < -0.39 is 11.7 Å². The fraction of sp³-hybridized carbons (Fsp3) is 0.375. The summed E-state index contributed by atoms with van der Waals surface area (Å²) >= 11 is 1.32. The molecule has 2 heterocycles. The molecule has 7 nitrogen and oxygen atoms in total. The van der Waals surface area contributed by atoms with Crippen LogP contribution in [0.4, 0.5) is 10.6 Å². The molecule has 2 aromatic heterocycles. The van der Waals surface area contributed by atoms with E-state index in [1.165, 1.54) is 16.4 Å². The first-order valence-corrected chi connectivity index (χ1v) is 8.48. The Kier molecular flexibility index (Phi) is 5.14. The number of anilines is 1. The minimum Gasteiger partial charge on any atom is -0.444 e. The fourth-order valence-corrected chi connectivity index (χ4v) is 2.47. The van der Waals surface area contributed by atoms with Crippen LogP contribution in [0, 0.1) is 18.3 Å². The zero-order valence-corrected chi connectivity index (χ0v) is 15.1. The average Bonchev–Trinajstić information content (AvgIpc) is 2.82. The van der Waals surface area contributed by atoms with Crippen LogP contribution < -0.4 is 5.32 Å². The van der Waals surface area contributed by atoms with Crippen molar-refractivity contribution >= 4 is 23.7 Å². The monoisotopic (exact) mass is 345 g/mol. The number of carbonyl (C=O) groups excluding carboxylic acids is 1. The first kappa shape index (κ1) is 17.8. The normalized spacial score (nSPS) is 11.0. The lowest BCUT2D eigenvalue weighted by Crippen LogP contribution is -2.28. The number of amides is 1. The number of rotatable bonds is 3. The Bertz CT molecular complexity index is 802. The van der Waals surface area contributed by atoms with Crippen LogP contribution in [0.1, 0.15) is 31.9 Å². The van der Waals surface area contributed by atoms with E-state index in [1.807, 2.05) is 25.3 Å². The molecule has 0 radical (unpaired) electrons. The van der Waals surface area contributed by atoms with Gasteiger partial charge in [0.2, 0.25) is 0 Å². The summed E-state index contributed by atoms with van der Waals surface area (Å²) in [5.74, 6) is 0.757. The van der Waals surface area contributed by atoms with Gasteiger partial charge in [0.05, 0.1) is 0 Å². The summed E-state index contributed by atoms with van der Waals surface area (Å²) in [7, 11) is 0. The van der Waals surface area contributed by atoms with Gasteiger partial charge in [-0.3, -0.25) is 5.32 Å². The minimum absolute atomic E-state index is 0.245. The Morgan fingerprint density at radius 2 is 2.17 bits per heavy atom. The van der Waals surface area contributed by atoms with E-state index in [1.54, 1.807) is 27.0 Å². The summed E-state index contributed by atoms with van der Waals surface area (Å²) in [5.41, 5.74) is 0.616. The molecule has 0 unspecified atom stereocenters. The zero-order valence-electron chi connectivity index (χ0n) is 14.2.